The van der Waals surface area contributed by atoms with Crippen molar-refractivity contribution in [1.82, 2.24) is 21.0 Å². The molecule has 2 amide bonds. The molecule has 47 heavy (non-hydrogen) atoms. The molecule has 2 fully saturated rings. The number of rotatable bonds is 3. The maximum absolute atomic E-state index is 13.9. The van der Waals surface area contributed by atoms with Gasteiger partial charge in [0.2, 0.25) is 11.8 Å². The van der Waals surface area contributed by atoms with Crippen LogP contribution < -0.4 is 16.0 Å². The van der Waals surface area contributed by atoms with Crippen molar-refractivity contribution in [2.45, 2.75) is 36.5 Å². The van der Waals surface area contributed by atoms with Crippen LogP contribution in [0.1, 0.15) is 36.8 Å². The number of halogens is 4. The van der Waals surface area contributed by atoms with Crippen molar-refractivity contribution >= 4 is 83.1 Å². The summed E-state index contributed by atoms with van der Waals surface area (Å²) in [4.78, 5) is 50.8. The molecule has 4 aliphatic rings. The summed E-state index contributed by atoms with van der Waals surface area (Å²) in [5.74, 6) is -0.157. The molecular formula is C34H34Br2F2N6O3. The van der Waals surface area contributed by atoms with Crippen LogP contribution in [0, 0.1) is 23.5 Å². The molecule has 13 heteroatoms. The maximum atomic E-state index is 13.9. The van der Waals surface area contributed by atoms with Crippen LogP contribution in [0.2, 0.25) is 0 Å². The van der Waals surface area contributed by atoms with E-state index in [1.165, 1.54) is 12.1 Å². The van der Waals surface area contributed by atoms with Crippen molar-refractivity contribution in [1.29, 1.82) is 0 Å². The molecule has 4 heterocycles. The summed E-state index contributed by atoms with van der Waals surface area (Å²) < 4.78 is 28.4. The van der Waals surface area contributed by atoms with Crippen molar-refractivity contribution in [3.05, 3.63) is 68.4 Å². The number of benzene rings is 2. The SMILES string of the molecule is CN(C)CC1CC2(C1)C(=O)N(C)c1cnc3cc(F)c(Br)cc3c12.CN1C(=O)C2(CC(C=O)C2)c2c1cnc1cc(F)c(Br)cc21.N. The number of aromatic nitrogens is 2. The first kappa shape index (κ1) is 33.5. The first-order valence-electron chi connectivity index (χ1n) is 15.0. The number of pyridine rings is 2. The highest BCUT2D eigenvalue weighted by Gasteiger charge is 2.59. The van der Waals surface area contributed by atoms with Gasteiger partial charge in [0, 0.05) is 60.6 Å². The number of hydrogen-bond acceptors (Lipinski definition) is 7. The van der Waals surface area contributed by atoms with Gasteiger partial charge in [-0.1, -0.05) is 0 Å². The number of amides is 2. The smallest absolute Gasteiger partial charge is 0.237 e. The highest BCUT2D eigenvalue weighted by Crippen LogP contribution is 2.58. The second-order valence-corrected chi connectivity index (χ2v) is 15.0. The zero-order valence-electron chi connectivity index (χ0n) is 26.4. The van der Waals surface area contributed by atoms with Crippen LogP contribution in [0.15, 0.2) is 45.6 Å². The van der Waals surface area contributed by atoms with E-state index in [2.05, 4.69) is 60.8 Å². The number of likely N-dealkylation sites (N-methyl/N-ethyl adjacent to an activating group) is 2. The number of carbonyl (C=O) groups excluding carboxylic acids is 3. The molecule has 3 N–H and O–H groups in total. The van der Waals surface area contributed by atoms with Gasteiger partial charge < -0.3 is 25.6 Å². The molecule has 0 atom stereocenters. The van der Waals surface area contributed by atoms with Gasteiger partial charge >= 0.3 is 0 Å². The Kier molecular flexibility index (Phi) is 8.30. The summed E-state index contributed by atoms with van der Waals surface area (Å²) in [7, 11) is 7.64. The van der Waals surface area contributed by atoms with Gasteiger partial charge in [-0.05, 0) is 89.7 Å². The molecular weight excluding hydrogens is 738 g/mol. The van der Waals surface area contributed by atoms with Gasteiger partial charge in [0.1, 0.15) is 17.9 Å². The second kappa shape index (κ2) is 11.6. The zero-order chi connectivity index (χ0) is 32.9. The molecule has 246 valence electrons. The van der Waals surface area contributed by atoms with Gasteiger partial charge in [-0.2, -0.15) is 0 Å². The van der Waals surface area contributed by atoms with Crippen LogP contribution >= 0.6 is 31.9 Å². The first-order valence-corrected chi connectivity index (χ1v) is 16.6. The van der Waals surface area contributed by atoms with E-state index >= 15 is 0 Å². The van der Waals surface area contributed by atoms with E-state index in [9.17, 15) is 23.2 Å². The number of nitrogens with zero attached hydrogens (tertiary/aromatic N) is 5. The third-order valence-electron chi connectivity index (χ3n) is 10.2. The molecule has 2 saturated carbocycles. The topological polar surface area (TPSA) is 122 Å². The van der Waals surface area contributed by atoms with Gasteiger partial charge in [-0.15, -0.1) is 0 Å². The molecule has 2 spiro atoms. The van der Waals surface area contributed by atoms with Crippen molar-refractivity contribution < 1.29 is 23.2 Å². The van der Waals surface area contributed by atoms with Gasteiger partial charge in [0.25, 0.3) is 0 Å². The lowest BCUT2D eigenvalue weighted by Crippen LogP contribution is -2.51. The standard InChI is InChI=1S/C18H19BrFN3O.C16H12BrFN2O2.H3N/c1-22(2)9-10-6-18(7-10)16-11-4-12(19)13(20)5-14(11)21-8-15(16)23(3)17(18)24;1-20-13-6-19-12-3-11(18)10(17)2-9(12)14(13)16(15(20)22)4-8(5-16)7-21;/h4-5,8,10H,6-7,9H2,1-3H3;2-3,6-8H,4-5H2,1H3;1H3. The number of hydrogen-bond donors (Lipinski definition) is 1. The van der Waals surface area contributed by atoms with Gasteiger partial charge in [0.15, 0.2) is 0 Å². The van der Waals surface area contributed by atoms with E-state index in [4.69, 9.17) is 0 Å². The normalized spacial score (nSPS) is 25.5. The minimum absolute atomic E-state index is 0. The number of carbonyl (C=O) groups is 3. The summed E-state index contributed by atoms with van der Waals surface area (Å²) in [6.45, 7) is 0.982. The third-order valence-corrected chi connectivity index (χ3v) is 11.4. The molecule has 2 aliphatic carbocycles. The highest BCUT2D eigenvalue weighted by molar-refractivity contribution is 9.10. The van der Waals surface area contributed by atoms with Crippen LogP contribution in [0.4, 0.5) is 20.2 Å². The fourth-order valence-corrected chi connectivity index (χ4v) is 8.89. The van der Waals surface area contributed by atoms with Crippen molar-refractivity contribution in [2.24, 2.45) is 11.8 Å². The van der Waals surface area contributed by atoms with Gasteiger partial charge in [0.05, 0.1) is 54.6 Å². The number of anilines is 2. The molecule has 8 rings (SSSR count). The predicted molar refractivity (Wildman–Crippen MR) is 184 cm³/mol. The molecule has 0 saturated heterocycles. The molecule has 0 unspecified atom stereocenters. The van der Waals surface area contributed by atoms with Crippen LogP contribution in [-0.4, -0.2) is 67.7 Å². The van der Waals surface area contributed by atoms with E-state index < -0.39 is 10.8 Å². The molecule has 2 aromatic carbocycles. The average Bonchev–Trinajstić information content (AvgIpc) is 3.34. The van der Waals surface area contributed by atoms with Gasteiger partial charge in [-0.3, -0.25) is 19.6 Å². The highest BCUT2D eigenvalue weighted by atomic mass is 79.9. The first-order chi connectivity index (χ1) is 21.8. The minimum atomic E-state index is -0.659. The average molecular weight is 772 g/mol. The van der Waals surface area contributed by atoms with E-state index in [1.807, 2.05) is 0 Å². The van der Waals surface area contributed by atoms with Crippen LogP contribution in [-0.2, 0) is 25.2 Å². The van der Waals surface area contributed by atoms with Crippen LogP contribution in [0.5, 0.6) is 0 Å². The van der Waals surface area contributed by atoms with Crippen molar-refractivity contribution in [3.63, 3.8) is 0 Å². The van der Waals surface area contributed by atoms with Crippen molar-refractivity contribution in [2.75, 3.05) is 44.5 Å². The fourth-order valence-electron chi connectivity index (χ4n) is 8.20. The Bertz CT molecular complexity index is 1990. The van der Waals surface area contributed by atoms with E-state index in [-0.39, 0.29) is 35.5 Å². The van der Waals surface area contributed by atoms with Gasteiger partial charge in [-0.25, -0.2) is 8.78 Å². The zero-order valence-corrected chi connectivity index (χ0v) is 29.6. The molecule has 4 aromatic rings. The maximum Gasteiger partial charge on any atom is 0.237 e. The van der Waals surface area contributed by atoms with E-state index in [0.717, 1.165) is 58.9 Å². The summed E-state index contributed by atoms with van der Waals surface area (Å²) in [6.07, 6.45) is 6.95. The molecule has 0 bridgehead atoms. The van der Waals surface area contributed by atoms with Crippen LogP contribution in [0.3, 0.4) is 0 Å². The van der Waals surface area contributed by atoms with E-state index in [0.29, 0.717) is 38.7 Å². The Hall–Kier alpha value is -3.39. The Balaban J connectivity index is 0.000000161. The monoisotopic (exact) mass is 770 g/mol. The third kappa shape index (κ3) is 4.83. The Morgan fingerprint density at radius 3 is 1.66 bits per heavy atom. The molecule has 2 aromatic heterocycles. The minimum Gasteiger partial charge on any atom is -0.344 e. The summed E-state index contributed by atoms with van der Waals surface area (Å²) in [5.41, 5.74) is 3.51. The summed E-state index contributed by atoms with van der Waals surface area (Å²) in [6, 6.07) is 6.25. The Morgan fingerprint density at radius 2 is 1.26 bits per heavy atom. The lowest BCUT2D eigenvalue weighted by Gasteiger charge is -2.45. The summed E-state index contributed by atoms with van der Waals surface area (Å²) >= 11 is 6.47. The predicted octanol–water partition coefficient (Wildman–Crippen LogP) is 6.44. The lowest BCUT2D eigenvalue weighted by molar-refractivity contribution is -0.130. The lowest BCUT2D eigenvalue weighted by atomic mass is 9.58. The molecule has 0 radical (unpaired) electrons. The number of fused-ring (bicyclic) bond motifs is 8. The fraction of sp³-hybridized carbons (Fsp3) is 0.382. The molecule has 2 aliphatic heterocycles. The Labute approximate surface area is 287 Å². The number of aldehydes is 1. The largest absolute Gasteiger partial charge is 0.344 e. The molecule has 9 nitrogen and oxygen atoms in total. The quantitative estimate of drug-likeness (QED) is 0.238. The Morgan fingerprint density at radius 1 is 0.830 bits per heavy atom. The summed E-state index contributed by atoms with van der Waals surface area (Å²) in [5, 5.41) is 1.65. The van der Waals surface area contributed by atoms with Crippen LogP contribution in [0.25, 0.3) is 21.8 Å². The van der Waals surface area contributed by atoms with E-state index in [1.54, 1.807) is 48.4 Å². The van der Waals surface area contributed by atoms with Crippen molar-refractivity contribution in [3.8, 4) is 0 Å². The second-order valence-electron chi connectivity index (χ2n) is 13.3.